The minimum Gasteiger partial charge on any atom is -0.493 e. The second-order valence-electron chi connectivity index (χ2n) is 9.63. The number of carbonyl (C=O) groups is 2. The summed E-state index contributed by atoms with van der Waals surface area (Å²) in [6.07, 6.45) is 1.50. The van der Waals surface area contributed by atoms with Gasteiger partial charge in [0.2, 0.25) is 0 Å². The minimum absolute atomic E-state index is 0.146. The Morgan fingerprint density at radius 1 is 1.12 bits per heavy atom. The van der Waals surface area contributed by atoms with Crippen LogP contribution in [0.25, 0.3) is 6.08 Å². The Morgan fingerprint density at radius 3 is 2.51 bits per heavy atom. The molecule has 0 unspecified atom stereocenters. The monoisotopic (exact) mass is 672 g/mol. The molecule has 2 aromatic carbocycles. The molecule has 12 heteroatoms. The summed E-state index contributed by atoms with van der Waals surface area (Å²) in [5.74, 6) is 0.0618. The first-order valence-electron chi connectivity index (χ1n) is 13.7. The molecule has 43 heavy (non-hydrogen) atoms. The smallest absolute Gasteiger partial charge is 0.344 e. The highest BCUT2D eigenvalue weighted by Crippen LogP contribution is 2.37. The molecule has 2 heterocycles. The fourth-order valence-corrected chi connectivity index (χ4v) is 6.12. The van der Waals surface area contributed by atoms with Crippen molar-refractivity contribution in [2.75, 3.05) is 26.9 Å². The van der Waals surface area contributed by atoms with Gasteiger partial charge in [-0.3, -0.25) is 9.36 Å². The van der Waals surface area contributed by atoms with Gasteiger partial charge in [-0.05, 0) is 58.9 Å². The SMILES string of the molecule is CCOC(=O)COc1c(/C=c2\sc3n(c2=O)[C@@H](c2ccccc2OC(C)C)C(C(=O)OCC)=C(C)N=3)cc(Br)cc1OC. The molecule has 1 atom stereocenters. The quantitative estimate of drug-likeness (QED) is 0.277. The lowest BCUT2D eigenvalue weighted by molar-refractivity contribution is -0.145. The van der Waals surface area contributed by atoms with Crippen molar-refractivity contribution in [1.29, 1.82) is 0 Å². The largest absolute Gasteiger partial charge is 0.493 e. The molecule has 0 saturated heterocycles. The molecule has 3 aromatic rings. The number of hydrogen-bond donors (Lipinski definition) is 0. The third-order valence-corrected chi connectivity index (χ3v) is 7.73. The Kier molecular flexibility index (Phi) is 10.5. The Morgan fingerprint density at radius 2 is 1.84 bits per heavy atom. The topological polar surface area (TPSA) is 115 Å². The predicted molar refractivity (Wildman–Crippen MR) is 165 cm³/mol. The number of allylic oxidation sites excluding steroid dienone is 1. The summed E-state index contributed by atoms with van der Waals surface area (Å²) in [6.45, 7) is 9.00. The molecule has 1 aliphatic rings. The maximum atomic E-state index is 14.2. The van der Waals surface area contributed by atoms with E-state index in [2.05, 4.69) is 20.9 Å². The number of ether oxygens (including phenoxy) is 5. The first-order valence-corrected chi connectivity index (χ1v) is 15.3. The molecule has 10 nitrogen and oxygen atoms in total. The zero-order chi connectivity index (χ0) is 31.3. The predicted octanol–water partition coefficient (Wildman–Crippen LogP) is 4.30. The molecule has 0 spiro atoms. The van der Waals surface area contributed by atoms with E-state index in [1.54, 1.807) is 39.0 Å². The minimum atomic E-state index is -0.844. The van der Waals surface area contributed by atoms with Gasteiger partial charge in [0.05, 0.1) is 42.2 Å². The number of aromatic nitrogens is 1. The highest BCUT2D eigenvalue weighted by molar-refractivity contribution is 9.10. The summed E-state index contributed by atoms with van der Waals surface area (Å²) in [4.78, 5) is 44.6. The Balaban J connectivity index is 1.95. The van der Waals surface area contributed by atoms with Crippen molar-refractivity contribution in [3.05, 3.63) is 83.0 Å². The first-order chi connectivity index (χ1) is 20.6. The third kappa shape index (κ3) is 7.02. The normalized spacial score (nSPS) is 14.7. The van der Waals surface area contributed by atoms with Crippen LogP contribution in [-0.4, -0.2) is 49.5 Å². The lowest BCUT2D eigenvalue weighted by Crippen LogP contribution is -2.40. The van der Waals surface area contributed by atoms with Crippen LogP contribution in [0.2, 0.25) is 0 Å². The number of esters is 2. The van der Waals surface area contributed by atoms with Gasteiger partial charge in [-0.25, -0.2) is 14.6 Å². The number of nitrogens with zero attached hydrogens (tertiary/aromatic N) is 2. The van der Waals surface area contributed by atoms with E-state index < -0.39 is 18.0 Å². The summed E-state index contributed by atoms with van der Waals surface area (Å²) < 4.78 is 30.3. The van der Waals surface area contributed by atoms with E-state index in [1.807, 2.05) is 38.1 Å². The maximum Gasteiger partial charge on any atom is 0.344 e. The Bertz CT molecular complexity index is 1740. The number of carbonyl (C=O) groups excluding carboxylic acids is 2. The molecule has 228 valence electrons. The average Bonchev–Trinajstić information content (AvgIpc) is 3.25. The van der Waals surface area contributed by atoms with E-state index in [4.69, 9.17) is 23.7 Å². The van der Waals surface area contributed by atoms with E-state index in [0.29, 0.717) is 42.1 Å². The maximum absolute atomic E-state index is 14.2. The van der Waals surface area contributed by atoms with Crippen molar-refractivity contribution in [1.82, 2.24) is 4.57 Å². The van der Waals surface area contributed by atoms with E-state index in [9.17, 15) is 14.4 Å². The summed E-state index contributed by atoms with van der Waals surface area (Å²) >= 11 is 4.64. The number of rotatable bonds is 11. The van der Waals surface area contributed by atoms with E-state index in [-0.39, 0.29) is 42.8 Å². The molecule has 1 aliphatic heterocycles. The van der Waals surface area contributed by atoms with Crippen molar-refractivity contribution in [3.63, 3.8) is 0 Å². The molecule has 0 aliphatic carbocycles. The molecule has 0 bridgehead atoms. The van der Waals surface area contributed by atoms with Gasteiger partial charge in [-0.1, -0.05) is 45.5 Å². The van der Waals surface area contributed by atoms with Crippen LogP contribution < -0.4 is 29.1 Å². The number of para-hydroxylation sites is 1. The van der Waals surface area contributed by atoms with E-state index >= 15 is 0 Å². The van der Waals surface area contributed by atoms with Crippen molar-refractivity contribution >= 4 is 45.3 Å². The molecular formula is C31H33BrN2O8S. The van der Waals surface area contributed by atoms with Crippen LogP contribution in [0.1, 0.15) is 51.8 Å². The summed E-state index contributed by atoms with van der Waals surface area (Å²) in [6, 6.07) is 9.91. The van der Waals surface area contributed by atoms with Crippen LogP contribution in [0.4, 0.5) is 0 Å². The summed E-state index contributed by atoms with van der Waals surface area (Å²) in [7, 11) is 1.48. The van der Waals surface area contributed by atoms with Crippen molar-refractivity contribution < 1.29 is 33.3 Å². The first kappa shape index (κ1) is 32.0. The number of hydrogen-bond acceptors (Lipinski definition) is 10. The van der Waals surface area contributed by atoms with Gasteiger partial charge in [0.25, 0.3) is 5.56 Å². The highest BCUT2D eigenvalue weighted by Gasteiger charge is 2.35. The Labute approximate surface area is 261 Å². The van der Waals surface area contributed by atoms with Crippen LogP contribution in [-0.2, 0) is 19.1 Å². The van der Waals surface area contributed by atoms with Crippen molar-refractivity contribution in [2.24, 2.45) is 4.99 Å². The molecule has 0 fully saturated rings. The van der Waals surface area contributed by atoms with Gasteiger partial charge in [-0.15, -0.1) is 0 Å². The summed E-state index contributed by atoms with van der Waals surface area (Å²) in [5.41, 5.74) is 1.44. The van der Waals surface area contributed by atoms with Crippen LogP contribution in [0, 0.1) is 0 Å². The fraction of sp³-hybridized carbons (Fsp3) is 0.355. The third-order valence-electron chi connectivity index (χ3n) is 6.29. The molecule has 0 radical (unpaired) electrons. The second-order valence-corrected chi connectivity index (χ2v) is 11.6. The molecular weight excluding hydrogens is 640 g/mol. The number of benzene rings is 2. The lowest BCUT2D eigenvalue weighted by atomic mass is 9.95. The number of methoxy groups -OCH3 is 1. The summed E-state index contributed by atoms with van der Waals surface area (Å²) in [5, 5.41) is 0. The zero-order valence-corrected chi connectivity index (χ0v) is 27.2. The van der Waals surface area contributed by atoms with Crippen LogP contribution in [0.3, 0.4) is 0 Å². The van der Waals surface area contributed by atoms with Crippen LogP contribution >= 0.6 is 27.3 Å². The van der Waals surface area contributed by atoms with Gasteiger partial charge in [0.15, 0.2) is 22.9 Å². The molecule has 0 N–H and O–H groups in total. The number of fused-ring (bicyclic) bond motifs is 1. The molecule has 0 amide bonds. The van der Waals surface area contributed by atoms with Gasteiger partial charge < -0.3 is 23.7 Å². The van der Waals surface area contributed by atoms with Gasteiger partial charge in [0.1, 0.15) is 11.8 Å². The highest BCUT2D eigenvalue weighted by atomic mass is 79.9. The standard InChI is InChI=1S/C31H33BrN2O8S/c1-7-39-25(35)16-41-28-19(13-20(32)15-23(28)38-6)14-24-29(36)34-27(21-11-9-10-12-22(21)42-17(3)4)26(30(37)40-8-2)18(5)33-31(34)43-24/h9-15,17,27H,7-8,16H2,1-6H3/b24-14-/t27-/m0/s1. The number of halogens is 1. The molecule has 4 rings (SSSR count). The zero-order valence-electron chi connectivity index (χ0n) is 24.8. The molecule has 1 aromatic heterocycles. The average molecular weight is 674 g/mol. The second kappa shape index (κ2) is 14.0. The van der Waals surface area contributed by atoms with Crippen molar-refractivity contribution in [3.8, 4) is 17.2 Å². The van der Waals surface area contributed by atoms with E-state index in [0.717, 1.165) is 11.3 Å². The Hall–Kier alpha value is -3.90. The van der Waals surface area contributed by atoms with Crippen LogP contribution in [0.15, 0.2) is 61.9 Å². The van der Waals surface area contributed by atoms with Gasteiger partial charge >= 0.3 is 11.9 Å². The van der Waals surface area contributed by atoms with E-state index in [1.165, 1.54) is 11.7 Å². The van der Waals surface area contributed by atoms with Crippen molar-refractivity contribution in [2.45, 2.75) is 46.8 Å². The fourth-order valence-electron chi connectivity index (χ4n) is 4.63. The van der Waals surface area contributed by atoms with Gasteiger partial charge in [-0.2, -0.15) is 0 Å². The van der Waals surface area contributed by atoms with Crippen LogP contribution in [0.5, 0.6) is 17.2 Å². The number of thiazole rings is 1. The lowest BCUT2D eigenvalue weighted by Gasteiger charge is -2.26. The van der Waals surface area contributed by atoms with Gasteiger partial charge in [0, 0.05) is 15.6 Å². The molecule has 0 saturated carbocycles.